The van der Waals surface area contributed by atoms with Gasteiger partial charge in [0.2, 0.25) is 5.91 Å². The number of phosphoric acid groups is 1. The first-order valence-electron chi connectivity index (χ1n) is 10.8. The third kappa shape index (κ3) is 25.1. The van der Waals surface area contributed by atoms with Crippen LogP contribution in [0.5, 0.6) is 0 Å². The lowest BCUT2D eigenvalue weighted by atomic mass is 10.1. The van der Waals surface area contributed by atoms with Crippen molar-refractivity contribution in [3.05, 3.63) is 0 Å². The lowest BCUT2D eigenvalue weighted by Crippen LogP contribution is -2.43. The Morgan fingerprint density at radius 3 is 1.66 bits per heavy atom. The van der Waals surface area contributed by atoms with Gasteiger partial charge in [-0.3, -0.25) is 9.32 Å². The number of rotatable bonds is 17. The Balaban J connectivity index is 0. The first-order valence-corrected chi connectivity index (χ1v) is 12.4. The molecule has 6 N–H and O–H groups in total. The van der Waals surface area contributed by atoms with E-state index in [1.807, 2.05) is 0 Å². The van der Waals surface area contributed by atoms with Gasteiger partial charge in [-0.2, -0.15) is 13.2 Å². The molecule has 0 unspecified atom stereocenters. The molecule has 0 saturated heterocycles. The van der Waals surface area contributed by atoms with Crippen molar-refractivity contribution in [1.29, 1.82) is 0 Å². The molecule has 0 aliphatic carbocycles. The summed E-state index contributed by atoms with van der Waals surface area (Å²) >= 11 is 0. The van der Waals surface area contributed by atoms with Crippen LogP contribution >= 0.6 is 7.82 Å². The van der Waals surface area contributed by atoms with Crippen LogP contribution in [0, 0.1) is 0 Å². The Bertz CT molecular complexity index is 546. The summed E-state index contributed by atoms with van der Waals surface area (Å²) in [5.41, 5.74) is 5.49. The molecule has 13 heteroatoms. The fourth-order valence-corrected chi connectivity index (χ4v) is 2.92. The van der Waals surface area contributed by atoms with Crippen molar-refractivity contribution in [2.75, 3.05) is 13.2 Å². The number of carbonyl (C=O) groups is 2. The second-order valence-electron chi connectivity index (χ2n) is 7.38. The molecule has 1 atom stereocenters. The van der Waals surface area contributed by atoms with Gasteiger partial charge in [-0.05, 0) is 6.42 Å². The molecule has 0 spiro atoms. The largest absolute Gasteiger partial charge is 0.490 e. The van der Waals surface area contributed by atoms with E-state index in [0.29, 0.717) is 6.54 Å². The maximum atomic E-state index is 11.6. The smallest absolute Gasteiger partial charge is 0.475 e. The number of nitrogens with two attached hydrogens (primary N) is 1. The van der Waals surface area contributed by atoms with E-state index < -0.39 is 38.5 Å². The number of carbonyl (C=O) groups excluding carboxylic acids is 1. The van der Waals surface area contributed by atoms with Gasteiger partial charge < -0.3 is 25.9 Å². The highest BCUT2D eigenvalue weighted by atomic mass is 31.2. The second-order valence-corrected chi connectivity index (χ2v) is 8.62. The Hall–Kier alpha value is -1.20. The van der Waals surface area contributed by atoms with Crippen LogP contribution in [0.25, 0.3) is 0 Å². The quantitative estimate of drug-likeness (QED) is 0.150. The molecule has 0 fully saturated rings. The molecule has 0 bridgehead atoms. The Morgan fingerprint density at radius 2 is 1.31 bits per heavy atom. The van der Waals surface area contributed by atoms with Crippen molar-refractivity contribution in [2.24, 2.45) is 5.73 Å². The van der Waals surface area contributed by atoms with Gasteiger partial charge in [-0.25, -0.2) is 9.36 Å². The average molecular weight is 494 g/mol. The minimum Gasteiger partial charge on any atom is -0.475 e. The number of unbranched alkanes of at least 4 members (excludes halogenated alkanes) is 11. The highest BCUT2D eigenvalue weighted by Gasteiger charge is 2.38. The zero-order valence-corrected chi connectivity index (χ0v) is 19.5. The fraction of sp³-hybridized carbons (Fsp3) is 0.895. The predicted molar refractivity (Wildman–Crippen MR) is 114 cm³/mol. The molecule has 0 saturated carbocycles. The molecule has 0 aromatic heterocycles. The molecule has 0 aliphatic rings. The molecule has 0 aliphatic heterocycles. The van der Waals surface area contributed by atoms with E-state index in [1.54, 1.807) is 0 Å². The van der Waals surface area contributed by atoms with E-state index >= 15 is 0 Å². The van der Waals surface area contributed by atoms with Crippen LogP contribution in [0.4, 0.5) is 13.2 Å². The second kappa shape index (κ2) is 19.3. The number of nitrogens with one attached hydrogen (secondary N) is 1. The van der Waals surface area contributed by atoms with Crippen LogP contribution in [0.2, 0.25) is 0 Å². The third-order valence-electron chi connectivity index (χ3n) is 4.33. The Labute approximate surface area is 187 Å². The SMILES string of the molecule is CCCCCCCCCCCCCCNC(=O)[C@H](N)COP(=O)(O)O.O=C(O)C(F)(F)F. The lowest BCUT2D eigenvalue weighted by molar-refractivity contribution is -0.192. The van der Waals surface area contributed by atoms with Crippen LogP contribution in [0.1, 0.15) is 84.0 Å². The Kier molecular flexibility index (Phi) is 19.9. The van der Waals surface area contributed by atoms with Crippen LogP contribution in [0.15, 0.2) is 0 Å². The van der Waals surface area contributed by atoms with E-state index in [4.69, 9.17) is 25.4 Å². The van der Waals surface area contributed by atoms with Gasteiger partial charge in [-0.1, -0.05) is 77.6 Å². The maximum Gasteiger partial charge on any atom is 0.490 e. The molecule has 0 radical (unpaired) electrons. The van der Waals surface area contributed by atoms with Gasteiger partial charge >= 0.3 is 20.0 Å². The summed E-state index contributed by atoms with van der Waals surface area (Å²) in [6, 6.07) is -1.06. The molecule has 1 amide bonds. The summed E-state index contributed by atoms with van der Waals surface area (Å²) in [7, 11) is -4.58. The van der Waals surface area contributed by atoms with Crippen LogP contribution in [0.3, 0.4) is 0 Å². The summed E-state index contributed by atoms with van der Waals surface area (Å²) in [5, 5.41) is 9.78. The third-order valence-corrected chi connectivity index (χ3v) is 4.82. The number of carboxylic acid groups (broad SMARTS) is 1. The molecule has 0 heterocycles. The molecule has 0 aromatic carbocycles. The number of hydrogen-bond acceptors (Lipinski definition) is 5. The average Bonchev–Trinajstić information content (AvgIpc) is 2.68. The fourth-order valence-electron chi connectivity index (χ4n) is 2.56. The summed E-state index contributed by atoms with van der Waals surface area (Å²) in [6.45, 7) is 2.27. The van der Waals surface area contributed by atoms with Gasteiger partial charge in [0.25, 0.3) is 0 Å². The molecule has 192 valence electrons. The van der Waals surface area contributed by atoms with Crippen molar-refractivity contribution >= 4 is 19.7 Å². The van der Waals surface area contributed by atoms with E-state index in [-0.39, 0.29) is 0 Å². The molecule has 9 nitrogen and oxygen atoms in total. The molecular formula is C19H38F3N2O7P. The van der Waals surface area contributed by atoms with Crippen LogP contribution in [-0.2, 0) is 18.7 Å². The number of alkyl halides is 3. The topological polar surface area (TPSA) is 159 Å². The van der Waals surface area contributed by atoms with Gasteiger partial charge in [0.15, 0.2) is 0 Å². The minimum atomic E-state index is -5.08. The number of carboxylic acids is 1. The van der Waals surface area contributed by atoms with Crippen molar-refractivity contribution in [3.8, 4) is 0 Å². The number of amides is 1. The molecule has 0 aromatic rings. The van der Waals surface area contributed by atoms with Crippen molar-refractivity contribution in [2.45, 2.75) is 96.2 Å². The van der Waals surface area contributed by atoms with Crippen LogP contribution in [-0.4, -0.2) is 52.1 Å². The minimum absolute atomic E-state index is 0.448. The predicted octanol–water partition coefficient (Wildman–Crippen LogP) is 3.87. The highest BCUT2D eigenvalue weighted by molar-refractivity contribution is 7.46. The summed E-state index contributed by atoms with van der Waals surface area (Å²) < 4.78 is 46.5. The van der Waals surface area contributed by atoms with Crippen molar-refractivity contribution in [3.63, 3.8) is 0 Å². The number of hydrogen-bond donors (Lipinski definition) is 5. The maximum absolute atomic E-state index is 11.6. The number of phosphoric ester groups is 1. The Morgan fingerprint density at radius 1 is 0.938 bits per heavy atom. The van der Waals surface area contributed by atoms with E-state index in [2.05, 4.69) is 16.8 Å². The zero-order chi connectivity index (χ0) is 25.0. The summed E-state index contributed by atoms with van der Waals surface area (Å²) in [5.74, 6) is -3.20. The molecular weight excluding hydrogens is 456 g/mol. The van der Waals surface area contributed by atoms with Gasteiger partial charge in [0.1, 0.15) is 6.04 Å². The van der Waals surface area contributed by atoms with E-state index in [0.717, 1.165) is 12.8 Å². The molecule has 32 heavy (non-hydrogen) atoms. The monoisotopic (exact) mass is 494 g/mol. The first kappa shape index (κ1) is 33.0. The van der Waals surface area contributed by atoms with Gasteiger partial charge in [-0.15, -0.1) is 0 Å². The standard InChI is InChI=1S/C17H37N2O5P.C2HF3O2/c1-2-3-4-5-6-7-8-9-10-11-12-13-14-19-17(20)16(18)15-24-25(21,22)23;3-2(4,5)1(6)7/h16H,2-15,18H2,1H3,(H,19,20)(H2,21,22,23);(H,6,7)/t16-;/m1./s1. The number of halogens is 3. The van der Waals surface area contributed by atoms with E-state index in [9.17, 15) is 22.5 Å². The number of aliphatic carboxylic acids is 1. The summed E-state index contributed by atoms with van der Waals surface area (Å²) in [6.07, 6.45) is 9.96. The summed E-state index contributed by atoms with van der Waals surface area (Å²) in [4.78, 5) is 37.6. The zero-order valence-electron chi connectivity index (χ0n) is 18.6. The first-order chi connectivity index (χ1) is 14.8. The normalized spacial score (nSPS) is 12.6. The van der Waals surface area contributed by atoms with Crippen molar-refractivity contribution in [1.82, 2.24) is 5.32 Å². The lowest BCUT2D eigenvalue weighted by Gasteiger charge is -2.12. The van der Waals surface area contributed by atoms with Gasteiger partial charge in [0.05, 0.1) is 6.61 Å². The molecule has 0 rings (SSSR count). The van der Waals surface area contributed by atoms with Crippen LogP contribution < -0.4 is 11.1 Å². The van der Waals surface area contributed by atoms with E-state index in [1.165, 1.54) is 64.2 Å². The van der Waals surface area contributed by atoms with Crippen molar-refractivity contribution < 1.29 is 46.7 Å². The van der Waals surface area contributed by atoms with Gasteiger partial charge in [0, 0.05) is 6.54 Å². The highest BCUT2D eigenvalue weighted by Crippen LogP contribution is 2.35.